The average molecular weight is 410 g/mol. The zero-order chi connectivity index (χ0) is 21.0. The van der Waals surface area contributed by atoms with Gasteiger partial charge in [-0.2, -0.15) is 0 Å². The maximum atomic E-state index is 12.3. The number of aromatic carboxylic acids is 1. The Kier molecular flexibility index (Phi) is 6.33. The van der Waals surface area contributed by atoms with Gasteiger partial charge in [0.15, 0.2) is 11.0 Å². The summed E-state index contributed by atoms with van der Waals surface area (Å²) in [4.78, 5) is 23.4. The topological polar surface area (TPSA) is 97.1 Å². The summed E-state index contributed by atoms with van der Waals surface area (Å²) in [5.41, 5.74) is 2.69. The first-order valence-corrected chi connectivity index (χ1v) is 10.1. The number of anilines is 1. The molecule has 0 unspecified atom stereocenters. The Hall–Kier alpha value is -3.13. The Labute approximate surface area is 173 Å². The summed E-state index contributed by atoms with van der Waals surface area (Å²) < 4.78 is 2.01. The number of amides is 1. The minimum Gasteiger partial charge on any atom is -0.478 e. The highest BCUT2D eigenvalue weighted by Gasteiger charge is 2.18. The van der Waals surface area contributed by atoms with Crippen molar-refractivity contribution in [3.63, 3.8) is 0 Å². The summed E-state index contributed by atoms with van der Waals surface area (Å²) in [6, 6.07) is 14.3. The van der Waals surface area contributed by atoms with Crippen molar-refractivity contribution in [3.8, 4) is 11.4 Å². The third-order valence-corrected chi connectivity index (χ3v) is 5.13. The number of carboxylic acids is 1. The van der Waals surface area contributed by atoms with E-state index in [1.54, 1.807) is 12.1 Å². The van der Waals surface area contributed by atoms with Crippen LogP contribution in [0, 0.1) is 6.92 Å². The third-order valence-electron chi connectivity index (χ3n) is 4.18. The van der Waals surface area contributed by atoms with Crippen molar-refractivity contribution in [2.45, 2.75) is 32.0 Å². The van der Waals surface area contributed by atoms with Crippen molar-refractivity contribution in [2.75, 3.05) is 11.1 Å². The number of thioether (sulfide) groups is 1. The summed E-state index contributed by atoms with van der Waals surface area (Å²) in [6.45, 7) is 6.12. The lowest BCUT2D eigenvalue weighted by atomic mass is 10.1. The van der Waals surface area contributed by atoms with Gasteiger partial charge < -0.3 is 10.4 Å². The number of carbonyl (C=O) groups is 2. The number of carboxylic acid groups (broad SMARTS) is 1. The van der Waals surface area contributed by atoms with Gasteiger partial charge in [-0.05, 0) is 45.0 Å². The zero-order valence-corrected chi connectivity index (χ0v) is 17.2. The fourth-order valence-corrected chi connectivity index (χ4v) is 3.75. The predicted octanol–water partition coefficient (Wildman–Crippen LogP) is 4.26. The Bertz CT molecular complexity index is 1050. The van der Waals surface area contributed by atoms with Crippen LogP contribution in [-0.4, -0.2) is 37.5 Å². The fourth-order valence-electron chi connectivity index (χ4n) is 2.88. The maximum absolute atomic E-state index is 12.3. The van der Waals surface area contributed by atoms with Crippen molar-refractivity contribution in [1.29, 1.82) is 0 Å². The minimum absolute atomic E-state index is 0.123. The van der Waals surface area contributed by atoms with E-state index >= 15 is 0 Å². The van der Waals surface area contributed by atoms with E-state index in [0.717, 1.165) is 17.0 Å². The number of hydrogen-bond donors (Lipinski definition) is 2. The van der Waals surface area contributed by atoms with E-state index in [1.807, 2.05) is 43.5 Å². The van der Waals surface area contributed by atoms with Crippen LogP contribution in [-0.2, 0) is 4.79 Å². The number of aryl methyl sites for hydroxylation is 1. The van der Waals surface area contributed by atoms with Crippen LogP contribution in [0.5, 0.6) is 0 Å². The fraction of sp³-hybridized carbons (Fsp3) is 0.238. The van der Waals surface area contributed by atoms with Crippen LogP contribution in [0.1, 0.15) is 35.8 Å². The maximum Gasteiger partial charge on any atom is 0.335 e. The van der Waals surface area contributed by atoms with Crippen molar-refractivity contribution in [2.24, 2.45) is 0 Å². The van der Waals surface area contributed by atoms with E-state index < -0.39 is 5.97 Å². The van der Waals surface area contributed by atoms with Gasteiger partial charge in [0.05, 0.1) is 11.3 Å². The van der Waals surface area contributed by atoms with E-state index in [2.05, 4.69) is 21.6 Å². The molecule has 150 valence electrons. The molecule has 0 aliphatic heterocycles. The number of rotatable bonds is 7. The summed E-state index contributed by atoms with van der Waals surface area (Å²) >= 11 is 1.29. The van der Waals surface area contributed by atoms with E-state index in [4.69, 9.17) is 5.11 Å². The molecular formula is C21H22N4O3S. The molecule has 1 amide bonds. The Balaban J connectivity index is 1.73. The van der Waals surface area contributed by atoms with E-state index in [1.165, 1.54) is 23.9 Å². The van der Waals surface area contributed by atoms with Crippen molar-refractivity contribution >= 4 is 29.3 Å². The largest absolute Gasteiger partial charge is 0.478 e. The molecule has 2 aromatic carbocycles. The van der Waals surface area contributed by atoms with Gasteiger partial charge in [0, 0.05) is 17.3 Å². The molecule has 3 aromatic rings. The number of nitrogens with one attached hydrogen (secondary N) is 1. The molecule has 1 aromatic heterocycles. The molecule has 0 atom stereocenters. The molecule has 7 nitrogen and oxygen atoms in total. The van der Waals surface area contributed by atoms with Crippen molar-refractivity contribution in [1.82, 2.24) is 14.8 Å². The second-order valence-corrected chi connectivity index (χ2v) is 7.80. The van der Waals surface area contributed by atoms with Crippen LogP contribution in [0.25, 0.3) is 11.4 Å². The molecule has 3 rings (SSSR count). The Morgan fingerprint density at radius 3 is 2.59 bits per heavy atom. The number of benzene rings is 2. The second-order valence-electron chi connectivity index (χ2n) is 6.86. The molecule has 0 saturated carbocycles. The van der Waals surface area contributed by atoms with Gasteiger partial charge in [-0.1, -0.05) is 41.6 Å². The molecule has 0 fully saturated rings. The molecule has 0 aliphatic rings. The normalized spacial score (nSPS) is 10.9. The molecule has 2 N–H and O–H groups in total. The summed E-state index contributed by atoms with van der Waals surface area (Å²) in [5, 5.41) is 21.1. The second kappa shape index (κ2) is 8.91. The lowest BCUT2D eigenvalue weighted by Gasteiger charge is -2.14. The number of aromatic nitrogens is 3. The summed E-state index contributed by atoms with van der Waals surface area (Å²) in [6.07, 6.45) is 0. The van der Waals surface area contributed by atoms with Gasteiger partial charge in [0.25, 0.3) is 0 Å². The summed E-state index contributed by atoms with van der Waals surface area (Å²) in [7, 11) is 0. The standard InChI is InChI=1S/C21H22N4O3S/c1-13(2)25-19(15-7-4-6-14(3)10-15)23-24-21(25)29-12-18(26)22-17-9-5-8-16(11-17)20(27)28/h4-11,13H,12H2,1-3H3,(H,22,26)(H,27,28). The minimum atomic E-state index is -1.04. The first-order chi connectivity index (χ1) is 13.8. The Morgan fingerprint density at radius 1 is 1.14 bits per heavy atom. The lowest BCUT2D eigenvalue weighted by molar-refractivity contribution is -0.113. The highest BCUT2D eigenvalue weighted by Crippen LogP contribution is 2.28. The van der Waals surface area contributed by atoms with Gasteiger partial charge in [0.2, 0.25) is 5.91 Å². The highest BCUT2D eigenvalue weighted by molar-refractivity contribution is 7.99. The summed E-state index contributed by atoms with van der Waals surface area (Å²) in [5.74, 6) is -0.381. The van der Waals surface area contributed by atoms with E-state index in [-0.39, 0.29) is 23.3 Å². The molecule has 8 heteroatoms. The number of carbonyl (C=O) groups excluding carboxylic acids is 1. The van der Waals surface area contributed by atoms with E-state index in [0.29, 0.717) is 10.8 Å². The molecule has 29 heavy (non-hydrogen) atoms. The predicted molar refractivity (Wildman–Crippen MR) is 113 cm³/mol. The van der Waals surface area contributed by atoms with Gasteiger partial charge in [-0.15, -0.1) is 10.2 Å². The van der Waals surface area contributed by atoms with Crippen LogP contribution in [0.4, 0.5) is 5.69 Å². The molecule has 0 bridgehead atoms. The number of nitrogens with zero attached hydrogens (tertiary/aromatic N) is 3. The van der Waals surface area contributed by atoms with Gasteiger partial charge in [0.1, 0.15) is 0 Å². The molecule has 0 saturated heterocycles. The molecule has 0 aliphatic carbocycles. The average Bonchev–Trinajstić information content (AvgIpc) is 3.11. The van der Waals surface area contributed by atoms with E-state index in [9.17, 15) is 9.59 Å². The van der Waals surface area contributed by atoms with Crippen LogP contribution in [0.3, 0.4) is 0 Å². The van der Waals surface area contributed by atoms with Crippen molar-refractivity contribution < 1.29 is 14.7 Å². The molecule has 0 radical (unpaired) electrons. The van der Waals surface area contributed by atoms with Crippen LogP contribution in [0.15, 0.2) is 53.7 Å². The Morgan fingerprint density at radius 2 is 1.90 bits per heavy atom. The highest BCUT2D eigenvalue weighted by atomic mass is 32.2. The first-order valence-electron chi connectivity index (χ1n) is 9.13. The molecule has 1 heterocycles. The van der Waals surface area contributed by atoms with Gasteiger partial charge in [-0.25, -0.2) is 4.79 Å². The smallest absolute Gasteiger partial charge is 0.335 e. The monoisotopic (exact) mass is 410 g/mol. The zero-order valence-electron chi connectivity index (χ0n) is 16.4. The van der Waals surface area contributed by atoms with Crippen LogP contribution >= 0.6 is 11.8 Å². The SMILES string of the molecule is Cc1cccc(-c2nnc(SCC(=O)Nc3cccc(C(=O)O)c3)n2C(C)C)c1. The molecular weight excluding hydrogens is 388 g/mol. The quantitative estimate of drug-likeness (QED) is 0.565. The lowest BCUT2D eigenvalue weighted by Crippen LogP contribution is -2.15. The van der Waals surface area contributed by atoms with Gasteiger partial charge >= 0.3 is 5.97 Å². The van der Waals surface area contributed by atoms with Gasteiger partial charge in [-0.3, -0.25) is 9.36 Å². The van der Waals surface area contributed by atoms with Crippen LogP contribution in [0.2, 0.25) is 0 Å². The van der Waals surface area contributed by atoms with Crippen LogP contribution < -0.4 is 5.32 Å². The molecule has 0 spiro atoms. The first kappa shape index (κ1) is 20.6. The number of hydrogen-bond acceptors (Lipinski definition) is 5. The third kappa shape index (κ3) is 5.03. The van der Waals surface area contributed by atoms with Crippen molar-refractivity contribution in [3.05, 3.63) is 59.7 Å².